The number of nitrogen functional groups attached to an aromatic ring is 1. The highest BCUT2D eigenvalue weighted by Crippen LogP contribution is 2.23. The molecule has 0 spiro atoms. The van der Waals surface area contributed by atoms with Crippen LogP contribution in [0.3, 0.4) is 0 Å². The summed E-state index contributed by atoms with van der Waals surface area (Å²) in [7, 11) is 0. The van der Waals surface area contributed by atoms with Gasteiger partial charge in [-0.2, -0.15) is 0 Å². The number of unbranched alkanes of at least 4 members (excludes halogenated alkanes) is 7. The lowest BCUT2D eigenvalue weighted by atomic mass is 9.89. The fourth-order valence-corrected chi connectivity index (χ4v) is 2.92. The Labute approximate surface area is 155 Å². The molecule has 3 heteroatoms. The van der Waals surface area contributed by atoms with E-state index in [4.69, 9.17) is 5.73 Å². The van der Waals surface area contributed by atoms with Crippen LogP contribution in [0.25, 0.3) is 0 Å². The van der Waals surface area contributed by atoms with Gasteiger partial charge in [-0.1, -0.05) is 71.1 Å². The van der Waals surface area contributed by atoms with Crippen molar-refractivity contribution in [2.24, 2.45) is 5.41 Å². The fraction of sp³-hybridized carbons (Fsp3) is 0.619. The summed E-state index contributed by atoms with van der Waals surface area (Å²) in [5.74, 6) is 5.84. The molecule has 0 aliphatic rings. The van der Waals surface area contributed by atoms with Gasteiger partial charge in [0.15, 0.2) is 0 Å². The molecule has 2 N–H and O–H groups in total. The van der Waals surface area contributed by atoms with Gasteiger partial charge in [0.25, 0.3) is 0 Å². The number of anilines is 1. The molecule has 0 amide bonds. The van der Waals surface area contributed by atoms with Crippen LogP contribution in [0.1, 0.15) is 84.1 Å². The van der Waals surface area contributed by atoms with E-state index in [1.807, 2.05) is 0 Å². The molecule has 0 radical (unpaired) electrons. The first-order valence-corrected chi connectivity index (χ1v) is 9.82. The van der Waals surface area contributed by atoms with Crippen molar-refractivity contribution in [3.63, 3.8) is 0 Å². The molecule has 1 aromatic rings. The molecule has 0 saturated carbocycles. The summed E-state index contributed by atoms with van der Waals surface area (Å²) in [6, 6.07) is 2.96. The number of hydrogen-bond donors (Lipinski definition) is 1. The van der Waals surface area contributed by atoms with Gasteiger partial charge in [0.05, 0.1) is 10.2 Å². The molecule has 1 aromatic carbocycles. The minimum atomic E-state index is -0.347. The summed E-state index contributed by atoms with van der Waals surface area (Å²) in [5, 5.41) is 0. The Hall–Kier alpha value is -1.01. The van der Waals surface area contributed by atoms with Gasteiger partial charge in [-0.05, 0) is 46.3 Å². The van der Waals surface area contributed by atoms with Gasteiger partial charge < -0.3 is 5.73 Å². The van der Waals surface area contributed by atoms with E-state index in [-0.39, 0.29) is 5.82 Å². The molecule has 0 aromatic heterocycles. The summed E-state index contributed by atoms with van der Waals surface area (Å²) in [5.41, 5.74) is 7.35. The Kier molecular flexibility index (Phi) is 9.44. The van der Waals surface area contributed by atoms with Gasteiger partial charge in [-0.3, -0.25) is 0 Å². The molecule has 1 rings (SSSR count). The van der Waals surface area contributed by atoms with Crippen LogP contribution in [0.2, 0.25) is 0 Å². The van der Waals surface area contributed by atoms with Gasteiger partial charge in [0.1, 0.15) is 5.82 Å². The highest BCUT2D eigenvalue weighted by Gasteiger charge is 2.08. The molecule has 134 valence electrons. The molecule has 0 bridgehead atoms. The lowest BCUT2D eigenvalue weighted by molar-refractivity contribution is 0.356. The fourth-order valence-electron chi connectivity index (χ4n) is 2.58. The predicted molar refractivity (Wildman–Crippen MR) is 106 cm³/mol. The summed E-state index contributed by atoms with van der Waals surface area (Å²) in [6.07, 6.45) is 11.2. The molecular weight excluding hydrogens is 365 g/mol. The average molecular weight is 396 g/mol. The van der Waals surface area contributed by atoms with Crippen LogP contribution in [0, 0.1) is 23.1 Å². The van der Waals surface area contributed by atoms with E-state index in [9.17, 15) is 4.39 Å². The maximum absolute atomic E-state index is 13.3. The highest BCUT2D eigenvalue weighted by atomic mass is 79.9. The quantitative estimate of drug-likeness (QED) is 0.284. The van der Waals surface area contributed by atoms with Crippen LogP contribution in [0.4, 0.5) is 10.1 Å². The molecule has 24 heavy (non-hydrogen) atoms. The van der Waals surface area contributed by atoms with Crippen molar-refractivity contribution < 1.29 is 4.39 Å². The summed E-state index contributed by atoms with van der Waals surface area (Å²) in [4.78, 5) is 0. The number of nitrogens with two attached hydrogens (primary N) is 1. The van der Waals surface area contributed by atoms with E-state index >= 15 is 0 Å². The summed E-state index contributed by atoms with van der Waals surface area (Å²) >= 11 is 3.16. The maximum Gasteiger partial charge on any atom is 0.139 e. The third-order valence-electron chi connectivity index (χ3n) is 4.04. The number of benzene rings is 1. The van der Waals surface area contributed by atoms with Crippen molar-refractivity contribution in [3.05, 3.63) is 28.0 Å². The second-order valence-electron chi connectivity index (χ2n) is 7.69. The SMILES string of the molecule is CC(C)(C)CCCCCCCCCC#Cc1cc(Br)c(F)cc1N. The Bertz CT molecular complexity index is 564. The van der Waals surface area contributed by atoms with E-state index in [1.54, 1.807) is 6.07 Å². The van der Waals surface area contributed by atoms with E-state index in [2.05, 4.69) is 48.5 Å². The van der Waals surface area contributed by atoms with Gasteiger partial charge in [0, 0.05) is 12.0 Å². The van der Waals surface area contributed by atoms with Crippen molar-refractivity contribution >= 4 is 21.6 Å². The molecule has 0 saturated heterocycles. The van der Waals surface area contributed by atoms with Crippen LogP contribution in [0.15, 0.2) is 16.6 Å². The Morgan fingerprint density at radius 2 is 1.58 bits per heavy atom. The zero-order valence-corrected chi connectivity index (χ0v) is 16.9. The van der Waals surface area contributed by atoms with Gasteiger partial charge in [-0.15, -0.1) is 0 Å². The van der Waals surface area contributed by atoms with Gasteiger partial charge in [0.2, 0.25) is 0 Å². The third-order valence-corrected chi connectivity index (χ3v) is 4.65. The molecule has 0 atom stereocenters. The summed E-state index contributed by atoms with van der Waals surface area (Å²) < 4.78 is 13.7. The van der Waals surface area contributed by atoms with Crippen LogP contribution in [0.5, 0.6) is 0 Å². The van der Waals surface area contributed by atoms with Crippen molar-refractivity contribution in [2.75, 3.05) is 5.73 Å². The zero-order chi connectivity index (χ0) is 18.0. The van der Waals surface area contributed by atoms with Crippen LogP contribution in [-0.4, -0.2) is 0 Å². The second-order valence-corrected chi connectivity index (χ2v) is 8.55. The van der Waals surface area contributed by atoms with Crippen LogP contribution < -0.4 is 5.73 Å². The van der Waals surface area contributed by atoms with Crippen molar-refractivity contribution in [3.8, 4) is 11.8 Å². The third kappa shape index (κ3) is 9.33. The first-order valence-electron chi connectivity index (χ1n) is 9.03. The minimum Gasteiger partial charge on any atom is -0.398 e. The van der Waals surface area contributed by atoms with Gasteiger partial charge in [-0.25, -0.2) is 4.39 Å². The van der Waals surface area contributed by atoms with Crippen molar-refractivity contribution in [1.29, 1.82) is 0 Å². The topological polar surface area (TPSA) is 26.0 Å². The van der Waals surface area contributed by atoms with Crippen molar-refractivity contribution in [2.45, 2.75) is 78.6 Å². The monoisotopic (exact) mass is 395 g/mol. The lowest BCUT2D eigenvalue weighted by Gasteiger charge is -2.17. The normalized spacial score (nSPS) is 11.2. The van der Waals surface area contributed by atoms with Crippen molar-refractivity contribution in [1.82, 2.24) is 0 Å². The summed E-state index contributed by atoms with van der Waals surface area (Å²) in [6.45, 7) is 6.94. The number of rotatable bonds is 8. The highest BCUT2D eigenvalue weighted by molar-refractivity contribution is 9.10. The molecule has 1 nitrogen and oxygen atoms in total. The Balaban J connectivity index is 2.10. The maximum atomic E-state index is 13.3. The van der Waals surface area contributed by atoms with Gasteiger partial charge >= 0.3 is 0 Å². The lowest BCUT2D eigenvalue weighted by Crippen LogP contribution is -2.03. The van der Waals surface area contributed by atoms with Crippen LogP contribution >= 0.6 is 15.9 Å². The van der Waals surface area contributed by atoms with E-state index in [0.717, 1.165) is 12.8 Å². The molecule has 0 heterocycles. The molecule has 0 aliphatic carbocycles. The molecule has 0 aliphatic heterocycles. The zero-order valence-electron chi connectivity index (χ0n) is 15.4. The molecule has 0 fully saturated rings. The van der Waals surface area contributed by atoms with E-state index in [0.29, 0.717) is 21.1 Å². The Morgan fingerprint density at radius 3 is 2.21 bits per heavy atom. The first kappa shape index (κ1) is 21.0. The first-order chi connectivity index (χ1) is 11.3. The molecular formula is C21H31BrFN. The predicted octanol–water partition coefficient (Wildman–Crippen LogP) is 7.08. The van der Waals surface area contributed by atoms with E-state index < -0.39 is 0 Å². The van der Waals surface area contributed by atoms with E-state index in [1.165, 1.54) is 51.0 Å². The standard InChI is InChI=1S/C21H31BrFN/c1-21(2,3)14-12-10-8-6-4-5-7-9-11-13-17-15-18(22)19(23)16-20(17)24/h15-16H,4-10,12,14,24H2,1-3H3. The molecule has 0 unspecified atom stereocenters. The largest absolute Gasteiger partial charge is 0.398 e. The number of halogens is 2. The smallest absolute Gasteiger partial charge is 0.139 e. The van der Waals surface area contributed by atoms with Crippen LogP contribution in [-0.2, 0) is 0 Å². The second kappa shape index (κ2) is 10.8. The minimum absolute atomic E-state index is 0.347. The average Bonchev–Trinajstić information content (AvgIpc) is 2.48. The Morgan fingerprint density at radius 1 is 1.00 bits per heavy atom. The number of hydrogen-bond acceptors (Lipinski definition) is 1.